The number of sulfonamides is 1. The fourth-order valence-corrected chi connectivity index (χ4v) is 7.30. The molecular formula is C21H26N2O3S2. The SMILES string of the molecule is Cc1cc(S(=O)(=O)N2CCN(C(=O)C3(c4ccccc4)CCC3)CC2)c(C)s1. The van der Waals surface area contributed by atoms with Gasteiger partial charge in [-0.25, -0.2) is 8.42 Å². The van der Waals surface area contributed by atoms with Gasteiger partial charge in [-0.05, 0) is 38.3 Å². The average Bonchev–Trinajstić information content (AvgIpc) is 3.01. The van der Waals surface area contributed by atoms with Gasteiger partial charge in [-0.2, -0.15) is 4.31 Å². The lowest BCUT2D eigenvalue weighted by atomic mass is 9.63. The maximum Gasteiger partial charge on any atom is 0.244 e. The minimum Gasteiger partial charge on any atom is -0.339 e. The molecule has 0 bridgehead atoms. The first-order valence-corrected chi connectivity index (χ1v) is 12.0. The molecule has 2 aromatic rings. The third-order valence-electron chi connectivity index (χ3n) is 6.08. The first-order chi connectivity index (χ1) is 13.3. The minimum absolute atomic E-state index is 0.157. The van der Waals surface area contributed by atoms with Crippen LogP contribution in [0.1, 0.15) is 34.6 Å². The van der Waals surface area contributed by atoms with Crippen LogP contribution in [0.4, 0.5) is 0 Å². The zero-order valence-corrected chi connectivity index (χ0v) is 18.0. The summed E-state index contributed by atoms with van der Waals surface area (Å²) in [6.45, 7) is 5.39. The fraction of sp³-hybridized carbons (Fsp3) is 0.476. The van der Waals surface area contributed by atoms with Crippen molar-refractivity contribution < 1.29 is 13.2 Å². The molecular weight excluding hydrogens is 392 g/mol. The molecule has 0 N–H and O–H groups in total. The van der Waals surface area contributed by atoms with E-state index in [0.29, 0.717) is 31.1 Å². The molecule has 4 rings (SSSR count). The van der Waals surface area contributed by atoms with Crippen LogP contribution >= 0.6 is 11.3 Å². The molecule has 1 aliphatic carbocycles. The van der Waals surface area contributed by atoms with Gasteiger partial charge < -0.3 is 4.90 Å². The zero-order valence-electron chi connectivity index (χ0n) is 16.3. The van der Waals surface area contributed by atoms with E-state index in [2.05, 4.69) is 0 Å². The van der Waals surface area contributed by atoms with Gasteiger partial charge in [0.2, 0.25) is 15.9 Å². The van der Waals surface area contributed by atoms with Crippen LogP contribution < -0.4 is 0 Å². The molecule has 2 fully saturated rings. The maximum absolute atomic E-state index is 13.3. The Balaban J connectivity index is 1.48. The molecule has 150 valence electrons. The van der Waals surface area contributed by atoms with E-state index < -0.39 is 15.4 Å². The molecule has 5 nitrogen and oxygen atoms in total. The highest BCUT2D eigenvalue weighted by Gasteiger charge is 2.48. The first-order valence-electron chi connectivity index (χ1n) is 9.77. The van der Waals surface area contributed by atoms with Crippen molar-refractivity contribution in [3.63, 3.8) is 0 Å². The van der Waals surface area contributed by atoms with Gasteiger partial charge in [0.1, 0.15) is 0 Å². The summed E-state index contributed by atoms with van der Waals surface area (Å²) < 4.78 is 27.6. The molecule has 2 heterocycles. The highest BCUT2D eigenvalue weighted by atomic mass is 32.2. The van der Waals surface area contributed by atoms with Crippen LogP contribution in [-0.4, -0.2) is 49.7 Å². The summed E-state index contributed by atoms with van der Waals surface area (Å²) in [5.41, 5.74) is 0.675. The molecule has 1 saturated carbocycles. The Morgan fingerprint density at radius 1 is 1.04 bits per heavy atom. The zero-order chi connectivity index (χ0) is 19.9. The Morgan fingerprint density at radius 3 is 2.18 bits per heavy atom. The summed E-state index contributed by atoms with van der Waals surface area (Å²) in [6, 6.07) is 11.8. The Kier molecular flexibility index (Phi) is 5.10. The van der Waals surface area contributed by atoms with Crippen molar-refractivity contribution in [2.45, 2.75) is 43.4 Å². The van der Waals surface area contributed by atoms with Gasteiger partial charge in [0.05, 0.1) is 10.3 Å². The smallest absolute Gasteiger partial charge is 0.244 e. The number of rotatable bonds is 4. The van der Waals surface area contributed by atoms with Crippen molar-refractivity contribution in [2.24, 2.45) is 0 Å². The minimum atomic E-state index is -3.49. The Hall–Kier alpha value is -1.70. The van der Waals surface area contributed by atoms with E-state index >= 15 is 0 Å². The van der Waals surface area contributed by atoms with E-state index in [1.54, 1.807) is 6.07 Å². The van der Waals surface area contributed by atoms with Crippen LogP contribution in [0, 0.1) is 13.8 Å². The molecule has 1 saturated heterocycles. The van der Waals surface area contributed by atoms with Crippen molar-refractivity contribution in [1.82, 2.24) is 9.21 Å². The molecule has 0 atom stereocenters. The molecule has 1 aliphatic heterocycles. The number of carbonyl (C=O) groups is 1. The van der Waals surface area contributed by atoms with Crippen LogP contribution in [0.25, 0.3) is 0 Å². The van der Waals surface area contributed by atoms with Gasteiger partial charge in [-0.1, -0.05) is 36.8 Å². The number of amides is 1. The van der Waals surface area contributed by atoms with Crippen molar-refractivity contribution >= 4 is 27.3 Å². The first kappa shape index (κ1) is 19.6. The summed E-state index contributed by atoms with van der Waals surface area (Å²) in [4.78, 5) is 17.4. The van der Waals surface area contributed by atoms with Gasteiger partial charge in [-0.15, -0.1) is 11.3 Å². The van der Waals surface area contributed by atoms with Crippen LogP contribution in [0.3, 0.4) is 0 Å². The normalized spacial score (nSPS) is 20.0. The molecule has 1 aromatic carbocycles. The molecule has 28 heavy (non-hydrogen) atoms. The number of benzene rings is 1. The second kappa shape index (κ2) is 7.28. The van der Waals surface area contributed by atoms with Crippen molar-refractivity contribution in [2.75, 3.05) is 26.2 Å². The number of hydrogen-bond donors (Lipinski definition) is 0. The molecule has 1 amide bonds. The van der Waals surface area contributed by atoms with E-state index in [9.17, 15) is 13.2 Å². The van der Waals surface area contributed by atoms with Gasteiger partial charge in [0.25, 0.3) is 0 Å². The number of nitrogens with zero attached hydrogens (tertiary/aromatic N) is 2. The van der Waals surface area contributed by atoms with Crippen molar-refractivity contribution in [3.05, 3.63) is 51.7 Å². The number of hydrogen-bond acceptors (Lipinski definition) is 4. The summed E-state index contributed by atoms with van der Waals surface area (Å²) in [5.74, 6) is 0.157. The second-order valence-corrected chi connectivity index (χ2v) is 11.1. The molecule has 7 heteroatoms. The average molecular weight is 419 g/mol. The van der Waals surface area contributed by atoms with Gasteiger partial charge in [0.15, 0.2) is 0 Å². The lowest BCUT2D eigenvalue weighted by Gasteiger charge is -2.45. The molecule has 0 radical (unpaired) electrons. The maximum atomic E-state index is 13.3. The third kappa shape index (κ3) is 3.19. The predicted octanol–water partition coefficient (Wildman–Crippen LogP) is 3.32. The number of aryl methyl sites for hydroxylation is 2. The Morgan fingerprint density at radius 2 is 1.68 bits per heavy atom. The molecule has 1 aromatic heterocycles. The summed E-state index contributed by atoms with van der Waals surface area (Å²) in [7, 11) is -3.49. The van der Waals surface area contributed by atoms with Gasteiger partial charge in [0, 0.05) is 35.9 Å². The van der Waals surface area contributed by atoms with Crippen molar-refractivity contribution in [3.8, 4) is 0 Å². The number of carbonyl (C=O) groups excluding carboxylic acids is 1. The third-order valence-corrected chi connectivity index (χ3v) is 9.20. The Labute approximate surface area is 171 Å². The van der Waals surface area contributed by atoms with Crippen LogP contribution in [0.15, 0.2) is 41.3 Å². The number of thiophene rings is 1. The lowest BCUT2D eigenvalue weighted by Crippen LogP contribution is -2.57. The molecule has 0 spiro atoms. The lowest BCUT2D eigenvalue weighted by molar-refractivity contribution is -0.142. The largest absolute Gasteiger partial charge is 0.339 e. The second-order valence-electron chi connectivity index (χ2n) is 7.78. The topological polar surface area (TPSA) is 57.7 Å². The predicted molar refractivity (Wildman–Crippen MR) is 111 cm³/mol. The number of piperazine rings is 1. The highest BCUT2D eigenvalue weighted by molar-refractivity contribution is 7.89. The van der Waals surface area contributed by atoms with E-state index in [0.717, 1.165) is 34.6 Å². The van der Waals surface area contributed by atoms with Crippen LogP contribution in [0.5, 0.6) is 0 Å². The van der Waals surface area contributed by atoms with Crippen LogP contribution in [0.2, 0.25) is 0 Å². The van der Waals surface area contributed by atoms with E-state index in [4.69, 9.17) is 0 Å². The summed E-state index contributed by atoms with van der Waals surface area (Å²) >= 11 is 1.51. The molecule has 0 unspecified atom stereocenters. The van der Waals surface area contributed by atoms with Crippen LogP contribution in [-0.2, 0) is 20.2 Å². The highest BCUT2D eigenvalue weighted by Crippen LogP contribution is 2.45. The quantitative estimate of drug-likeness (QED) is 0.765. The van der Waals surface area contributed by atoms with E-state index in [1.165, 1.54) is 15.6 Å². The summed E-state index contributed by atoms with van der Waals surface area (Å²) in [5, 5.41) is 0. The van der Waals surface area contributed by atoms with Crippen molar-refractivity contribution in [1.29, 1.82) is 0 Å². The van der Waals surface area contributed by atoms with E-state index in [1.807, 2.05) is 49.1 Å². The van der Waals surface area contributed by atoms with Gasteiger partial charge >= 0.3 is 0 Å². The summed E-state index contributed by atoms with van der Waals surface area (Å²) in [6.07, 6.45) is 2.81. The molecule has 2 aliphatic rings. The Bertz CT molecular complexity index is 970. The standard InChI is InChI=1S/C21H26N2O3S2/c1-16-15-19(17(2)27-16)28(25,26)23-13-11-22(12-14-23)20(24)21(9-6-10-21)18-7-4-3-5-8-18/h3-5,7-8,15H,6,9-14H2,1-2H3. The fourth-order valence-electron chi connectivity index (χ4n) is 4.35. The monoisotopic (exact) mass is 418 g/mol. The van der Waals surface area contributed by atoms with E-state index in [-0.39, 0.29) is 5.91 Å². The van der Waals surface area contributed by atoms with Gasteiger partial charge in [-0.3, -0.25) is 4.79 Å².